The van der Waals surface area contributed by atoms with Gasteiger partial charge in [0.1, 0.15) is 11.5 Å². The van der Waals surface area contributed by atoms with Crippen molar-refractivity contribution in [2.45, 2.75) is 19.8 Å². The minimum absolute atomic E-state index is 0.747. The van der Waals surface area contributed by atoms with Gasteiger partial charge in [-0.1, -0.05) is 6.92 Å². The topological polar surface area (TPSA) is 18.5 Å². The maximum atomic E-state index is 5.31. The van der Waals surface area contributed by atoms with E-state index >= 15 is 0 Å². The summed E-state index contributed by atoms with van der Waals surface area (Å²) in [5, 5.41) is 0. The lowest BCUT2D eigenvalue weighted by Gasteiger charge is -2.13. The molecule has 0 aliphatic heterocycles. The van der Waals surface area contributed by atoms with E-state index in [0.717, 1.165) is 35.5 Å². The van der Waals surface area contributed by atoms with Crippen LogP contribution in [0.15, 0.2) is 12.1 Å². The second-order valence-corrected chi connectivity index (χ2v) is 3.08. The third-order valence-corrected chi connectivity index (χ3v) is 2.31. The highest BCUT2D eigenvalue weighted by atomic mass is 16.5. The zero-order valence-electron chi connectivity index (χ0n) is 9.09. The molecule has 0 unspecified atom stereocenters. The molecule has 77 valence electrons. The first kappa shape index (κ1) is 10.9. The Bertz CT molecular complexity index is 280. The lowest BCUT2D eigenvalue weighted by Crippen LogP contribution is -1.97. The van der Waals surface area contributed by atoms with Crippen LogP contribution < -0.4 is 9.47 Å². The van der Waals surface area contributed by atoms with Crippen molar-refractivity contribution in [2.24, 2.45) is 0 Å². The van der Waals surface area contributed by atoms with Gasteiger partial charge in [0.2, 0.25) is 0 Å². The van der Waals surface area contributed by atoms with Crippen LogP contribution >= 0.6 is 0 Å². The highest BCUT2D eigenvalue weighted by Gasteiger charge is 2.09. The van der Waals surface area contributed by atoms with E-state index in [1.165, 1.54) is 0 Å². The number of benzene rings is 1. The summed E-state index contributed by atoms with van der Waals surface area (Å²) in [7, 11) is 3.36. The quantitative estimate of drug-likeness (QED) is 0.732. The summed E-state index contributed by atoms with van der Waals surface area (Å²) >= 11 is 0. The number of ether oxygens (including phenoxy) is 2. The molecular formula is C12H17O2. The van der Waals surface area contributed by atoms with Crippen LogP contribution in [0.5, 0.6) is 11.5 Å². The number of methoxy groups -OCH3 is 2. The molecule has 14 heavy (non-hydrogen) atoms. The lowest BCUT2D eigenvalue weighted by atomic mass is 10.1. The molecule has 0 N–H and O–H groups in total. The molecule has 1 radical (unpaired) electrons. The Morgan fingerprint density at radius 2 is 1.64 bits per heavy atom. The molecular weight excluding hydrogens is 176 g/mol. The molecule has 0 aromatic heterocycles. The standard InChI is InChI=1S/C12H17O2/c1-5-9-7-11(13-3)10(6-2)12(8-9)14-4/h7-8H,1,5-6H2,2-4H3. The molecule has 1 aromatic rings. The highest BCUT2D eigenvalue weighted by molar-refractivity contribution is 5.48. The summed E-state index contributed by atoms with van der Waals surface area (Å²) in [4.78, 5) is 0. The fraction of sp³-hybridized carbons (Fsp3) is 0.417. The Morgan fingerprint density at radius 1 is 1.14 bits per heavy atom. The summed E-state index contributed by atoms with van der Waals surface area (Å²) < 4.78 is 10.6. The minimum atomic E-state index is 0.747. The summed E-state index contributed by atoms with van der Waals surface area (Å²) in [6.07, 6.45) is 1.65. The molecule has 2 nitrogen and oxygen atoms in total. The monoisotopic (exact) mass is 193 g/mol. The smallest absolute Gasteiger partial charge is 0.126 e. The molecule has 2 heteroatoms. The average molecular weight is 193 g/mol. The largest absolute Gasteiger partial charge is 0.496 e. The Labute approximate surface area is 85.8 Å². The van der Waals surface area contributed by atoms with E-state index in [9.17, 15) is 0 Å². The van der Waals surface area contributed by atoms with Crippen molar-refractivity contribution in [3.8, 4) is 11.5 Å². The normalized spacial score (nSPS) is 10.0. The first-order valence-electron chi connectivity index (χ1n) is 4.79. The predicted octanol–water partition coefficient (Wildman–Crippen LogP) is 2.64. The molecule has 0 heterocycles. The molecule has 0 saturated heterocycles. The van der Waals surface area contributed by atoms with E-state index in [-0.39, 0.29) is 0 Å². The van der Waals surface area contributed by atoms with Crippen LogP contribution in [0, 0.1) is 6.92 Å². The molecule has 1 aromatic carbocycles. The Morgan fingerprint density at radius 3 is 1.93 bits per heavy atom. The SMILES string of the molecule is [CH2]Cc1cc(OC)c(CC)c(OC)c1. The molecule has 0 amide bonds. The first-order valence-corrected chi connectivity index (χ1v) is 4.79. The molecule has 0 bridgehead atoms. The summed E-state index contributed by atoms with van der Waals surface area (Å²) in [6.45, 7) is 5.94. The van der Waals surface area contributed by atoms with Gasteiger partial charge in [-0.3, -0.25) is 0 Å². The summed E-state index contributed by atoms with van der Waals surface area (Å²) in [5.41, 5.74) is 2.25. The summed E-state index contributed by atoms with van der Waals surface area (Å²) in [6, 6.07) is 4.04. The van der Waals surface area contributed by atoms with Crippen LogP contribution in [-0.2, 0) is 12.8 Å². The van der Waals surface area contributed by atoms with Crippen LogP contribution in [0.1, 0.15) is 18.1 Å². The average Bonchev–Trinajstić information content (AvgIpc) is 2.26. The fourth-order valence-electron chi connectivity index (χ4n) is 1.53. The molecule has 0 fully saturated rings. The van der Waals surface area contributed by atoms with Crippen LogP contribution in [-0.4, -0.2) is 14.2 Å². The van der Waals surface area contributed by atoms with Gasteiger partial charge in [-0.2, -0.15) is 0 Å². The van der Waals surface area contributed by atoms with Crippen molar-refractivity contribution in [3.63, 3.8) is 0 Å². The van der Waals surface area contributed by atoms with Gasteiger partial charge < -0.3 is 9.47 Å². The van der Waals surface area contributed by atoms with E-state index in [2.05, 4.69) is 13.8 Å². The van der Waals surface area contributed by atoms with Gasteiger partial charge in [0.25, 0.3) is 0 Å². The molecule has 0 atom stereocenters. The van der Waals surface area contributed by atoms with Crippen molar-refractivity contribution < 1.29 is 9.47 Å². The Balaban J connectivity index is 3.24. The van der Waals surface area contributed by atoms with E-state index in [4.69, 9.17) is 9.47 Å². The molecule has 0 saturated carbocycles. The van der Waals surface area contributed by atoms with E-state index in [0.29, 0.717) is 0 Å². The van der Waals surface area contributed by atoms with Gasteiger partial charge in [0, 0.05) is 5.56 Å². The van der Waals surface area contributed by atoms with E-state index < -0.39 is 0 Å². The predicted molar refractivity (Wildman–Crippen MR) is 58.0 cm³/mol. The van der Waals surface area contributed by atoms with Crippen LogP contribution in [0.4, 0.5) is 0 Å². The Hall–Kier alpha value is -1.18. The second-order valence-electron chi connectivity index (χ2n) is 3.08. The second kappa shape index (κ2) is 4.89. The molecule has 0 aliphatic carbocycles. The maximum absolute atomic E-state index is 5.31. The van der Waals surface area contributed by atoms with E-state index in [1.807, 2.05) is 12.1 Å². The zero-order chi connectivity index (χ0) is 10.6. The van der Waals surface area contributed by atoms with Gasteiger partial charge in [-0.15, -0.1) is 0 Å². The van der Waals surface area contributed by atoms with Crippen molar-refractivity contribution in [3.05, 3.63) is 30.2 Å². The van der Waals surface area contributed by atoms with Gasteiger partial charge in [0.15, 0.2) is 0 Å². The van der Waals surface area contributed by atoms with Gasteiger partial charge in [-0.05, 0) is 37.5 Å². The van der Waals surface area contributed by atoms with Crippen LogP contribution in [0.2, 0.25) is 0 Å². The number of hydrogen-bond acceptors (Lipinski definition) is 2. The van der Waals surface area contributed by atoms with Gasteiger partial charge in [0.05, 0.1) is 14.2 Å². The third kappa shape index (κ3) is 2.00. The zero-order valence-corrected chi connectivity index (χ0v) is 9.09. The third-order valence-electron chi connectivity index (χ3n) is 2.31. The summed E-state index contributed by atoms with van der Waals surface area (Å²) in [5.74, 6) is 1.79. The number of hydrogen-bond donors (Lipinski definition) is 0. The minimum Gasteiger partial charge on any atom is -0.496 e. The van der Waals surface area contributed by atoms with Crippen molar-refractivity contribution in [2.75, 3.05) is 14.2 Å². The van der Waals surface area contributed by atoms with E-state index in [1.54, 1.807) is 14.2 Å². The van der Waals surface area contributed by atoms with Crippen molar-refractivity contribution in [1.29, 1.82) is 0 Å². The van der Waals surface area contributed by atoms with Crippen LogP contribution in [0.25, 0.3) is 0 Å². The van der Waals surface area contributed by atoms with Crippen LogP contribution in [0.3, 0.4) is 0 Å². The molecule has 1 rings (SSSR count). The number of rotatable bonds is 4. The van der Waals surface area contributed by atoms with Gasteiger partial charge in [-0.25, -0.2) is 0 Å². The highest BCUT2D eigenvalue weighted by Crippen LogP contribution is 2.30. The van der Waals surface area contributed by atoms with Gasteiger partial charge >= 0.3 is 0 Å². The fourth-order valence-corrected chi connectivity index (χ4v) is 1.53. The van der Waals surface area contributed by atoms with Crippen molar-refractivity contribution >= 4 is 0 Å². The molecule has 0 aliphatic rings. The molecule has 0 spiro atoms. The Kier molecular flexibility index (Phi) is 3.81. The van der Waals surface area contributed by atoms with Crippen molar-refractivity contribution in [1.82, 2.24) is 0 Å². The first-order chi connectivity index (χ1) is 6.76. The lowest BCUT2D eigenvalue weighted by molar-refractivity contribution is 0.385. The maximum Gasteiger partial charge on any atom is 0.126 e.